The fraction of sp³-hybridized carbons (Fsp3) is 0.500. The van der Waals surface area contributed by atoms with Gasteiger partial charge < -0.3 is 0 Å². The molecule has 0 aromatic rings. The summed E-state index contributed by atoms with van der Waals surface area (Å²) in [6.45, 7) is 8.55. The predicted molar refractivity (Wildman–Crippen MR) is 57.2 cm³/mol. The highest BCUT2D eigenvalue weighted by Gasteiger charge is 1.84. The monoisotopic (exact) mass is 164 g/mol. The normalized spacial score (nSPS) is 14.3. The number of allylic oxidation sites excluding steroid dienone is 6. The molecule has 0 heterocycles. The molecule has 0 bridgehead atoms. The summed E-state index contributed by atoms with van der Waals surface area (Å²) in [5.74, 6) is 0. The summed E-state index contributed by atoms with van der Waals surface area (Å²) < 4.78 is 0. The van der Waals surface area contributed by atoms with Crippen LogP contribution in [0.1, 0.15) is 40.5 Å². The van der Waals surface area contributed by atoms with Crippen molar-refractivity contribution in [3.05, 3.63) is 35.5 Å². The lowest BCUT2D eigenvalue weighted by Crippen LogP contribution is -1.73. The lowest BCUT2D eigenvalue weighted by molar-refractivity contribution is 0.905. The summed E-state index contributed by atoms with van der Waals surface area (Å²) in [6.07, 6.45) is 11.0. The first-order chi connectivity index (χ1) is 5.70. The van der Waals surface area contributed by atoms with Crippen LogP contribution in [0.2, 0.25) is 0 Å². The molecule has 0 fully saturated rings. The maximum absolute atomic E-state index is 2.21. The van der Waals surface area contributed by atoms with E-state index in [1.807, 2.05) is 6.92 Å². The van der Waals surface area contributed by atoms with E-state index in [0.29, 0.717) is 0 Å². The molecule has 0 nitrogen and oxygen atoms in total. The Labute approximate surface area is 76.7 Å². The number of hydrogen-bond donors (Lipinski definition) is 0. The summed E-state index contributed by atoms with van der Waals surface area (Å²) in [6, 6.07) is 0. The molecule has 0 unspecified atom stereocenters. The van der Waals surface area contributed by atoms with Crippen molar-refractivity contribution in [3.8, 4) is 0 Å². The van der Waals surface area contributed by atoms with E-state index in [0.717, 1.165) is 0 Å². The van der Waals surface area contributed by atoms with E-state index in [1.54, 1.807) is 0 Å². The highest BCUT2D eigenvalue weighted by atomic mass is 13.9. The van der Waals surface area contributed by atoms with Gasteiger partial charge in [0.15, 0.2) is 0 Å². The Balaban J connectivity index is 4.07. The molecule has 0 aromatic carbocycles. The quantitative estimate of drug-likeness (QED) is 0.545. The molecular formula is C12H20. The van der Waals surface area contributed by atoms with Crippen molar-refractivity contribution in [1.29, 1.82) is 0 Å². The lowest BCUT2D eigenvalue weighted by Gasteiger charge is -1.94. The first-order valence-corrected chi connectivity index (χ1v) is 4.67. The maximum atomic E-state index is 2.21. The Hall–Kier alpha value is -0.780. The highest BCUT2D eigenvalue weighted by molar-refractivity contribution is 5.23. The van der Waals surface area contributed by atoms with Crippen LogP contribution in [0, 0.1) is 0 Å². The van der Waals surface area contributed by atoms with Crippen LogP contribution in [-0.2, 0) is 0 Å². The molecule has 0 radical (unpaired) electrons. The van der Waals surface area contributed by atoms with Gasteiger partial charge in [0, 0.05) is 0 Å². The zero-order valence-corrected chi connectivity index (χ0v) is 8.72. The van der Waals surface area contributed by atoms with Crippen molar-refractivity contribution in [1.82, 2.24) is 0 Å². The second-order valence-corrected chi connectivity index (χ2v) is 3.17. The minimum absolute atomic E-state index is 1.21. The zero-order chi connectivity index (χ0) is 9.40. The topological polar surface area (TPSA) is 0 Å². The van der Waals surface area contributed by atoms with Gasteiger partial charge in [-0.25, -0.2) is 0 Å². The van der Waals surface area contributed by atoms with Gasteiger partial charge in [0.05, 0.1) is 0 Å². The van der Waals surface area contributed by atoms with Crippen LogP contribution < -0.4 is 0 Å². The molecule has 12 heavy (non-hydrogen) atoms. The standard InChI is InChI=1S/C12H20/c1-5-7-11(3)9-10-12(4)8-6-2/h5,7,9-10H,6,8H2,1-4H3/b7-5-,11-9-,12-10+. The highest BCUT2D eigenvalue weighted by Crippen LogP contribution is 2.04. The summed E-state index contributed by atoms with van der Waals surface area (Å²) in [7, 11) is 0. The Morgan fingerprint density at radius 2 is 1.83 bits per heavy atom. The Kier molecular flexibility index (Phi) is 6.45. The van der Waals surface area contributed by atoms with Gasteiger partial charge in [-0.15, -0.1) is 0 Å². The maximum Gasteiger partial charge on any atom is -0.0323 e. The van der Waals surface area contributed by atoms with Crippen LogP contribution in [0.5, 0.6) is 0 Å². The fourth-order valence-corrected chi connectivity index (χ4v) is 1.07. The molecule has 0 amide bonds. The summed E-state index contributed by atoms with van der Waals surface area (Å²) in [4.78, 5) is 0. The van der Waals surface area contributed by atoms with Crippen molar-refractivity contribution in [2.24, 2.45) is 0 Å². The number of rotatable bonds is 4. The molecule has 0 aliphatic carbocycles. The van der Waals surface area contributed by atoms with Crippen molar-refractivity contribution in [2.75, 3.05) is 0 Å². The second-order valence-electron chi connectivity index (χ2n) is 3.17. The molecule has 0 rings (SSSR count). The van der Waals surface area contributed by atoms with Crippen LogP contribution in [0.15, 0.2) is 35.5 Å². The number of hydrogen-bond acceptors (Lipinski definition) is 0. The molecule has 0 spiro atoms. The third kappa shape index (κ3) is 5.96. The molecule has 0 aliphatic heterocycles. The van der Waals surface area contributed by atoms with Crippen LogP contribution >= 0.6 is 0 Å². The summed E-state index contributed by atoms with van der Waals surface area (Å²) in [5, 5.41) is 0. The van der Waals surface area contributed by atoms with Crippen LogP contribution in [-0.4, -0.2) is 0 Å². The molecule has 0 aromatic heterocycles. The lowest BCUT2D eigenvalue weighted by atomic mass is 10.1. The molecular weight excluding hydrogens is 144 g/mol. The smallest absolute Gasteiger partial charge is 0.0323 e. The SMILES string of the molecule is C\C=C/C(C)=C\C=C(/C)CCC. The van der Waals surface area contributed by atoms with Gasteiger partial charge in [-0.2, -0.15) is 0 Å². The Bertz CT molecular complexity index is 192. The van der Waals surface area contributed by atoms with Gasteiger partial charge in [-0.3, -0.25) is 0 Å². The van der Waals surface area contributed by atoms with Crippen molar-refractivity contribution in [3.63, 3.8) is 0 Å². The molecule has 0 saturated carbocycles. The van der Waals surface area contributed by atoms with E-state index in [2.05, 4.69) is 45.1 Å². The Morgan fingerprint density at radius 3 is 2.33 bits per heavy atom. The first-order valence-electron chi connectivity index (χ1n) is 4.67. The van der Waals surface area contributed by atoms with Gasteiger partial charge in [0.25, 0.3) is 0 Å². The van der Waals surface area contributed by atoms with Crippen molar-refractivity contribution in [2.45, 2.75) is 40.5 Å². The summed E-state index contributed by atoms with van der Waals surface area (Å²) in [5.41, 5.74) is 2.77. The van der Waals surface area contributed by atoms with Gasteiger partial charge in [0.1, 0.15) is 0 Å². The largest absolute Gasteiger partial charge is 0.0874 e. The van der Waals surface area contributed by atoms with E-state index < -0.39 is 0 Å². The molecule has 0 heteroatoms. The first kappa shape index (κ1) is 11.2. The van der Waals surface area contributed by atoms with Crippen LogP contribution in [0.25, 0.3) is 0 Å². The van der Waals surface area contributed by atoms with E-state index in [-0.39, 0.29) is 0 Å². The third-order valence-corrected chi connectivity index (χ3v) is 1.70. The van der Waals surface area contributed by atoms with E-state index in [1.165, 1.54) is 24.0 Å². The fourth-order valence-electron chi connectivity index (χ4n) is 1.07. The van der Waals surface area contributed by atoms with Crippen LogP contribution in [0.3, 0.4) is 0 Å². The zero-order valence-electron chi connectivity index (χ0n) is 8.72. The molecule has 0 atom stereocenters. The summed E-state index contributed by atoms with van der Waals surface area (Å²) >= 11 is 0. The molecule has 0 N–H and O–H groups in total. The minimum atomic E-state index is 1.21. The van der Waals surface area contributed by atoms with Crippen molar-refractivity contribution >= 4 is 0 Å². The van der Waals surface area contributed by atoms with Crippen LogP contribution in [0.4, 0.5) is 0 Å². The van der Waals surface area contributed by atoms with Gasteiger partial charge in [-0.05, 0) is 27.2 Å². The van der Waals surface area contributed by atoms with Gasteiger partial charge in [-0.1, -0.05) is 48.8 Å². The molecule has 0 aliphatic rings. The second kappa shape index (κ2) is 6.90. The predicted octanol–water partition coefficient (Wildman–Crippen LogP) is 4.26. The van der Waals surface area contributed by atoms with E-state index in [4.69, 9.17) is 0 Å². The van der Waals surface area contributed by atoms with Gasteiger partial charge in [0.2, 0.25) is 0 Å². The average Bonchev–Trinajstić information content (AvgIpc) is 2.02. The van der Waals surface area contributed by atoms with E-state index in [9.17, 15) is 0 Å². The van der Waals surface area contributed by atoms with Crippen molar-refractivity contribution < 1.29 is 0 Å². The van der Waals surface area contributed by atoms with E-state index >= 15 is 0 Å². The third-order valence-electron chi connectivity index (χ3n) is 1.70. The van der Waals surface area contributed by atoms with Gasteiger partial charge >= 0.3 is 0 Å². The average molecular weight is 164 g/mol. The Morgan fingerprint density at radius 1 is 1.17 bits per heavy atom. The molecule has 68 valence electrons. The minimum Gasteiger partial charge on any atom is -0.0874 e. The molecule has 0 saturated heterocycles.